The van der Waals surface area contributed by atoms with Gasteiger partial charge in [-0.1, -0.05) is 30.3 Å². The maximum absolute atomic E-state index is 12.5. The van der Waals surface area contributed by atoms with Crippen molar-refractivity contribution in [3.05, 3.63) is 111 Å². The van der Waals surface area contributed by atoms with Gasteiger partial charge in [0.1, 0.15) is 12.4 Å². The number of para-hydroxylation sites is 1. The molecule has 172 valence electrons. The van der Waals surface area contributed by atoms with E-state index in [9.17, 15) is 14.4 Å². The first kappa shape index (κ1) is 22.7. The Morgan fingerprint density at radius 1 is 1.00 bits per heavy atom. The van der Waals surface area contributed by atoms with Gasteiger partial charge in [0.15, 0.2) is 0 Å². The number of hydrogen-bond acceptors (Lipinski definition) is 6. The summed E-state index contributed by atoms with van der Waals surface area (Å²) in [6.45, 7) is 0.609. The highest BCUT2D eigenvalue weighted by Crippen LogP contribution is 2.14. The van der Waals surface area contributed by atoms with Crippen LogP contribution in [0.5, 0.6) is 5.75 Å². The maximum atomic E-state index is 12.5. The average Bonchev–Trinajstić information content (AvgIpc) is 2.87. The number of benzene rings is 2. The number of aromatic amines is 1. The molecule has 2 aromatic carbocycles. The lowest BCUT2D eigenvalue weighted by Gasteiger charge is -2.07. The van der Waals surface area contributed by atoms with Gasteiger partial charge in [-0.2, -0.15) is 0 Å². The smallest absolute Gasteiger partial charge is 0.330 e. The molecule has 2 heterocycles. The number of esters is 1. The van der Waals surface area contributed by atoms with Crippen molar-refractivity contribution in [2.24, 2.45) is 0 Å². The molecule has 0 amide bonds. The molecule has 0 saturated heterocycles. The first-order valence-corrected chi connectivity index (χ1v) is 10.8. The lowest BCUT2D eigenvalue weighted by Crippen LogP contribution is -2.35. The Hall–Kier alpha value is -4.46. The Kier molecular flexibility index (Phi) is 7.29. The summed E-state index contributed by atoms with van der Waals surface area (Å²) in [4.78, 5) is 43.5. The number of fused-ring (bicyclic) bond motifs is 1. The third-order valence-corrected chi connectivity index (χ3v) is 5.06. The van der Waals surface area contributed by atoms with E-state index in [2.05, 4.69) is 9.97 Å². The predicted molar refractivity (Wildman–Crippen MR) is 128 cm³/mol. The highest BCUT2D eigenvalue weighted by molar-refractivity contribution is 5.87. The Bertz CT molecular complexity index is 1410. The molecule has 4 rings (SSSR count). The number of carbonyl (C=O) groups is 1. The molecule has 4 aromatic rings. The minimum Gasteiger partial charge on any atom is -0.487 e. The minimum absolute atomic E-state index is 0.0855. The van der Waals surface area contributed by atoms with Crippen molar-refractivity contribution in [1.29, 1.82) is 0 Å². The zero-order valence-corrected chi connectivity index (χ0v) is 18.3. The maximum Gasteiger partial charge on any atom is 0.330 e. The van der Waals surface area contributed by atoms with Crippen LogP contribution in [0, 0.1) is 0 Å². The van der Waals surface area contributed by atoms with Crippen molar-refractivity contribution in [2.75, 3.05) is 6.61 Å². The quantitative estimate of drug-likeness (QED) is 0.235. The van der Waals surface area contributed by atoms with Crippen LogP contribution < -0.4 is 16.0 Å². The third kappa shape index (κ3) is 5.86. The molecule has 2 aromatic heterocycles. The molecule has 0 unspecified atom stereocenters. The van der Waals surface area contributed by atoms with Gasteiger partial charge in [-0.05, 0) is 54.5 Å². The van der Waals surface area contributed by atoms with Gasteiger partial charge in [0, 0.05) is 18.8 Å². The van der Waals surface area contributed by atoms with Crippen molar-refractivity contribution in [1.82, 2.24) is 14.5 Å². The molecule has 8 heteroatoms. The summed E-state index contributed by atoms with van der Waals surface area (Å²) in [6.07, 6.45) is 5.03. The van der Waals surface area contributed by atoms with E-state index in [0.29, 0.717) is 29.7 Å². The van der Waals surface area contributed by atoms with E-state index in [1.165, 1.54) is 6.08 Å². The molecule has 0 atom stereocenters. The van der Waals surface area contributed by atoms with Crippen LogP contribution >= 0.6 is 0 Å². The summed E-state index contributed by atoms with van der Waals surface area (Å²) in [5, 5.41) is 0.440. The number of aromatic nitrogens is 3. The number of carbonyl (C=O) groups excluding carboxylic acids is 1. The van der Waals surface area contributed by atoms with Crippen LogP contribution in [-0.2, 0) is 22.7 Å². The number of H-pyrrole nitrogens is 1. The van der Waals surface area contributed by atoms with Gasteiger partial charge in [0.25, 0.3) is 5.56 Å². The van der Waals surface area contributed by atoms with Gasteiger partial charge in [0.05, 0.1) is 23.2 Å². The number of nitrogens with one attached hydrogen (secondary N) is 1. The van der Waals surface area contributed by atoms with E-state index in [1.807, 2.05) is 42.5 Å². The summed E-state index contributed by atoms with van der Waals surface area (Å²) < 4.78 is 12.0. The fourth-order valence-electron chi connectivity index (χ4n) is 3.33. The van der Waals surface area contributed by atoms with Crippen molar-refractivity contribution in [2.45, 2.75) is 19.6 Å². The van der Waals surface area contributed by atoms with Crippen molar-refractivity contribution < 1.29 is 14.3 Å². The zero-order chi connectivity index (χ0) is 23.8. The van der Waals surface area contributed by atoms with Crippen LogP contribution in [0.3, 0.4) is 0 Å². The van der Waals surface area contributed by atoms with E-state index < -0.39 is 11.7 Å². The lowest BCUT2D eigenvalue weighted by molar-refractivity contribution is -0.137. The molecular formula is C26H23N3O5. The summed E-state index contributed by atoms with van der Waals surface area (Å²) in [6, 6.07) is 19.8. The second kappa shape index (κ2) is 10.9. The molecule has 0 aliphatic carbocycles. The van der Waals surface area contributed by atoms with Gasteiger partial charge in [-0.3, -0.25) is 14.3 Å². The van der Waals surface area contributed by atoms with Gasteiger partial charge in [0.2, 0.25) is 0 Å². The topological polar surface area (TPSA) is 103 Å². The third-order valence-electron chi connectivity index (χ3n) is 5.06. The summed E-state index contributed by atoms with van der Waals surface area (Å²) >= 11 is 0. The average molecular weight is 457 g/mol. The predicted octanol–water partition coefficient (Wildman–Crippen LogP) is 3.31. The SMILES string of the molecule is O=C(/C=C/c1ccc(OCc2ccccn2)cc1)OCCCn1c(=O)[nH]c2ccccc2c1=O. The molecule has 0 bridgehead atoms. The van der Waals surface area contributed by atoms with Crippen LogP contribution in [0.15, 0.2) is 88.6 Å². The number of ether oxygens (including phenoxy) is 2. The molecule has 34 heavy (non-hydrogen) atoms. The highest BCUT2D eigenvalue weighted by Gasteiger charge is 2.07. The first-order valence-electron chi connectivity index (χ1n) is 10.8. The minimum atomic E-state index is -0.504. The van der Waals surface area contributed by atoms with Gasteiger partial charge in [-0.25, -0.2) is 9.59 Å². The largest absolute Gasteiger partial charge is 0.487 e. The van der Waals surface area contributed by atoms with E-state index in [1.54, 1.807) is 36.5 Å². The van der Waals surface area contributed by atoms with Crippen LogP contribution in [0.4, 0.5) is 0 Å². The summed E-state index contributed by atoms with van der Waals surface area (Å²) in [5.74, 6) is 0.194. The number of rotatable bonds is 9. The number of pyridine rings is 1. The lowest BCUT2D eigenvalue weighted by atomic mass is 10.2. The Balaban J connectivity index is 1.23. The monoisotopic (exact) mass is 457 g/mol. The molecular weight excluding hydrogens is 434 g/mol. The first-order chi connectivity index (χ1) is 16.6. The standard InChI is InChI=1S/C26H23N3O5/c30-24(14-11-19-9-12-21(13-10-19)34-18-20-6-3-4-15-27-20)33-17-5-16-29-25(31)22-7-1-2-8-23(22)28-26(29)32/h1-4,6-15H,5,16-18H2,(H,28,32)/b14-11+. The number of hydrogen-bond donors (Lipinski definition) is 1. The second-order valence-electron chi connectivity index (χ2n) is 7.47. The fourth-order valence-corrected chi connectivity index (χ4v) is 3.33. The Morgan fingerprint density at radius 2 is 1.79 bits per heavy atom. The van der Waals surface area contributed by atoms with Crippen LogP contribution in [0.2, 0.25) is 0 Å². The van der Waals surface area contributed by atoms with Crippen molar-refractivity contribution >= 4 is 22.9 Å². The van der Waals surface area contributed by atoms with Gasteiger partial charge >= 0.3 is 11.7 Å². The normalized spacial score (nSPS) is 11.1. The van der Waals surface area contributed by atoms with E-state index in [0.717, 1.165) is 15.8 Å². The van der Waals surface area contributed by atoms with Gasteiger partial charge < -0.3 is 14.5 Å². The van der Waals surface area contributed by atoms with Crippen LogP contribution in [0.25, 0.3) is 17.0 Å². The Morgan fingerprint density at radius 3 is 2.59 bits per heavy atom. The Labute approximate surface area is 195 Å². The zero-order valence-electron chi connectivity index (χ0n) is 18.3. The fraction of sp³-hybridized carbons (Fsp3) is 0.154. The van der Waals surface area contributed by atoms with Crippen molar-refractivity contribution in [3.63, 3.8) is 0 Å². The van der Waals surface area contributed by atoms with E-state index in [4.69, 9.17) is 9.47 Å². The van der Waals surface area contributed by atoms with E-state index in [-0.39, 0.29) is 18.7 Å². The molecule has 8 nitrogen and oxygen atoms in total. The molecule has 0 saturated carbocycles. The molecule has 0 aliphatic heterocycles. The number of nitrogens with zero attached hydrogens (tertiary/aromatic N) is 2. The van der Waals surface area contributed by atoms with E-state index >= 15 is 0 Å². The molecule has 0 spiro atoms. The highest BCUT2D eigenvalue weighted by atomic mass is 16.5. The molecule has 1 N–H and O–H groups in total. The molecule has 0 aliphatic rings. The van der Waals surface area contributed by atoms with Crippen molar-refractivity contribution in [3.8, 4) is 5.75 Å². The summed E-state index contributed by atoms with van der Waals surface area (Å²) in [5.41, 5.74) is 1.30. The van der Waals surface area contributed by atoms with Crippen LogP contribution in [0.1, 0.15) is 17.7 Å². The second-order valence-corrected chi connectivity index (χ2v) is 7.47. The van der Waals surface area contributed by atoms with Gasteiger partial charge in [-0.15, -0.1) is 0 Å². The molecule has 0 radical (unpaired) electrons. The summed E-state index contributed by atoms with van der Waals surface area (Å²) in [7, 11) is 0. The molecule has 0 fully saturated rings. The van der Waals surface area contributed by atoms with Crippen LogP contribution in [-0.4, -0.2) is 27.1 Å².